The number of rotatable bonds is 5. The van der Waals surface area contributed by atoms with E-state index in [0.29, 0.717) is 11.5 Å². The standard InChI is InChI=1S/C45H28N2O2/c1-3-13-30(14-4-1)45-46-42-41(49-45)28-39-37-21-11-12-22-40(37)48-44(39)43(42)47(32-16-5-2-6-17-32)33-25-23-29(24-26-33)38-27-31-15-7-8-18-34(31)35-19-9-10-20-36(35)38/h1-28H. The molecule has 0 aliphatic rings. The number of anilines is 3. The fourth-order valence-corrected chi connectivity index (χ4v) is 7.20. The minimum absolute atomic E-state index is 0.570. The van der Waals surface area contributed by atoms with Crippen LogP contribution in [0.4, 0.5) is 17.1 Å². The van der Waals surface area contributed by atoms with Gasteiger partial charge in [-0.25, -0.2) is 4.98 Å². The highest BCUT2D eigenvalue weighted by molar-refractivity contribution is 6.18. The van der Waals surface area contributed by atoms with Crippen LogP contribution in [0.5, 0.6) is 0 Å². The number of aromatic nitrogens is 1. The molecular weight excluding hydrogens is 601 g/mol. The smallest absolute Gasteiger partial charge is 0.227 e. The van der Waals surface area contributed by atoms with Crippen LogP contribution in [0.1, 0.15) is 0 Å². The summed E-state index contributed by atoms with van der Waals surface area (Å²) < 4.78 is 13.2. The number of hydrogen-bond donors (Lipinski definition) is 0. The van der Waals surface area contributed by atoms with Gasteiger partial charge in [-0.15, -0.1) is 0 Å². The highest BCUT2D eigenvalue weighted by atomic mass is 16.4. The first-order valence-corrected chi connectivity index (χ1v) is 16.5. The highest BCUT2D eigenvalue weighted by Crippen LogP contribution is 2.47. The minimum Gasteiger partial charge on any atom is -0.454 e. The lowest BCUT2D eigenvalue weighted by Crippen LogP contribution is -2.11. The molecule has 0 aliphatic heterocycles. The largest absolute Gasteiger partial charge is 0.454 e. The molecule has 0 spiro atoms. The van der Waals surface area contributed by atoms with E-state index in [1.807, 2.05) is 54.6 Å². The third-order valence-corrected chi connectivity index (χ3v) is 9.47. The third-order valence-electron chi connectivity index (χ3n) is 9.47. The Kier molecular flexibility index (Phi) is 6.15. The van der Waals surface area contributed by atoms with E-state index in [2.05, 4.69) is 120 Å². The van der Waals surface area contributed by atoms with Crippen molar-refractivity contribution in [2.75, 3.05) is 4.90 Å². The van der Waals surface area contributed by atoms with Gasteiger partial charge in [-0.1, -0.05) is 115 Å². The summed E-state index contributed by atoms with van der Waals surface area (Å²) in [6, 6.07) is 59.1. The third kappa shape index (κ3) is 4.42. The summed E-state index contributed by atoms with van der Waals surface area (Å²) >= 11 is 0. The molecule has 0 aliphatic carbocycles. The zero-order chi connectivity index (χ0) is 32.3. The van der Waals surface area contributed by atoms with Crippen LogP contribution in [0, 0.1) is 0 Å². The summed E-state index contributed by atoms with van der Waals surface area (Å²) in [6.45, 7) is 0. The molecule has 0 amide bonds. The molecule has 49 heavy (non-hydrogen) atoms. The second-order valence-electron chi connectivity index (χ2n) is 12.3. The predicted octanol–water partition coefficient (Wildman–Crippen LogP) is 12.8. The molecule has 10 rings (SSSR count). The summed E-state index contributed by atoms with van der Waals surface area (Å²) in [5.41, 5.74) is 9.11. The van der Waals surface area contributed by atoms with Gasteiger partial charge in [0.05, 0.1) is 0 Å². The number of furan rings is 1. The summed E-state index contributed by atoms with van der Waals surface area (Å²) in [5, 5.41) is 6.99. The zero-order valence-electron chi connectivity index (χ0n) is 26.4. The summed E-state index contributed by atoms with van der Waals surface area (Å²) in [4.78, 5) is 7.38. The summed E-state index contributed by atoms with van der Waals surface area (Å²) in [7, 11) is 0. The van der Waals surface area contributed by atoms with Crippen LogP contribution in [0.2, 0.25) is 0 Å². The Morgan fingerprint density at radius 1 is 0.429 bits per heavy atom. The van der Waals surface area contributed by atoms with Gasteiger partial charge in [0.1, 0.15) is 16.8 Å². The number of benzene rings is 8. The lowest BCUT2D eigenvalue weighted by Gasteiger charge is -2.26. The Hall–Kier alpha value is -6.65. The van der Waals surface area contributed by atoms with Crippen LogP contribution in [-0.4, -0.2) is 4.98 Å². The summed E-state index contributed by atoms with van der Waals surface area (Å²) in [6.07, 6.45) is 0. The van der Waals surface area contributed by atoms with E-state index in [-0.39, 0.29) is 0 Å². The second-order valence-corrected chi connectivity index (χ2v) is 12.3. The van der Waals surface area contributed by atoms with Crippen molar-refractivity contribution >= 4 is 71.6 Å². The molecule has 0 unspecified atom stereocenters. The van der Waals surface area contributed by atoms with Crippen LogP contribution < -0.4 is 4.90 Å². The number of nitrogens with zero attached hydrogens (tertiary/aromatic N) is 2. The molecule has 4 heteroatoms. The van der Waals surface area contributed by atoms with Gasteiger partial charge in [0, 0.05) is 27.7 Å². The minimum atomic E-state index is 0.570. The van der Waals surface area contributed by atoms with Crippen molar-refractivity contribution in [2.45, 2.75) is 0 Å². The molecule has 0 fully saturated rings. The fourth-order valence-electron chi connectivity index (χ4n) is 7.20. The Morgan fingerprint density at radius 2 is 1.06 bits per heavy atom. The molecule has 0 radical (unpaired) electrons. The average molecular weight is 629 g/mol. The lowest BCUT2D eigenvalue weighted by molar-refractivity contribution is 0.620. The van der Waals surface area contributed by atoms with Gasteiger partial charge in [0.25, 0.3) is 0 Å². The quantitative estimate of drug-likeness (QED) is 0.178. The molecule has 2 heterocycles. The molecule has 0 atom stereocenters. The fraction of sp³-hybridized carbons (Fsp3) is 0. The van der Waals surface area contributed by atoms with Crippen molar-refractivity contribution in [3.8, 4) is 22.6 Å². The molecule has 2 aromatic heterocycles. The van der Waals surface area contributed by atoms with Gasteiger partial charge in [-0.3, -0.25) is 0 Å². The van der Waals surface area contributed by atoms with Gasteiger partial charge in [-0.05, 0) is 87.3 Å². The molecule has 4 nitrogen and oxygen atoms in total. The van der Waals surface area contributed by atoms with E-state index in [1.54, 1.807) is 0 Å². The van der Waals surface area contributed by atoms with Gasteiger partial charge < -0.3 is 13.7 Å². The lowest BCUT2D eigenvalue weighted by atomic mass is 9.93. The van der Waals surface area contributed by atoms with E-state index in [1.165, 1.54) is 27.1 Å². The highest BCUT2D eigenvalue weighted by Gasteiger charge is 2.26. The first kappa shape index (κ1) is 27.5. The SMILES string of the molecule is c1ccc(-c2nc3c(N(c4ccccc4)c4ccc(-c5cc6ccccc6c6ccccc56)cc4)c4oc5ccccc5c4cc3o2)cc1. The second kappa shape index (κ2) is 11.0. The van der Waals surface area contributed by atoms with Crippen LogP contribution in [0.3, 0.4) is 0 Å². The van der Waals surface area contributed by atoms with E-state index in [4.69, 9.17) is 13.8 Å². The average Bonchev–Trinajstić information content (AvgIpc) is 3.77. The van der Waals surface area contributed by atoms with E-state index in [0.717, 1.165) is 55.6 Å². The maximum atomic E-state index is 6.69. The molecule has 0 saturated heterocycles. The van der Waals surface area contributed by atoms with Crippen molar-refractivity contribution in [3.05, 3.63) is 170 Å². The number of oxazole rings is 1. The van der Waals surface area contributed by atoms with Gasteiger partial charge in [0.2, 0.25) is 5.89 Å². The molecule has 8 aromatic carbocycles. The topological polar surface area (TPSA) is 42.4 Å². The molecule has 0 N–H and O–H groups in total. The normalized spacial score (nSPS) is 11.7. The van der Waals surface area contributed by atoms with Crippen molar-refractivity contribution in [3.63, 3.8) is 0 Å². The van der Waals surface area contributed by atoms with Crippen LogP contribution in [-0.2, 0) is 0 Å². The maximum absolute atomic E-state index is 6.69. The molecular formula is C45H28N2O2. The van der Waals surface area contributed by atoms with Gasteiger partial charge in [0.15, 0.2) is 11.2 Å². The zero-order valence-corrected chi connectivity index (χ0v) is 26.4. The van der Waals surface area contributed by atoms with Crippen molar-refractivity contribution < 1.29 is 8.83 Å². The van der Waals surface area contributed by atoms with Gasteiger partial charge >= 0.3 is 0 Å². The predicted molar refractivity (Wildman–Crippen MR) is 202 cm³/mol. The first-order valence-electron chi connectivity index (χ1n) is 16.5. The number of para-hydroxylation sites is 2. The van der Waals surface area contributed by atoms with Crippen LogP contribution >= 0.6 is 0 Å². The Bertz CT molecular complexity index is 2820. The van der Waals surface area contributed by atoms with Crippen molar-refractivity contribution in [1.29, 1.82) is 0 Å². The maximum Gasteiger partial charge on any atom is 0.227 e. The van der Waals surface area contributed by atoms with Crippen LogP contribution in [0.15, 0.2) is 179 Å². The van der Waals surface area contributed by atoms with E-state index in [9.17, 15) is 0 Å². The number of hydrogen-bond acceptors (Lipinski definition) is 4. The van der Waals surface area contributed by atoms with E-state index >= 15 is 0 Å². The first-order chi connectivity index (χ1) is 24.3. The molecule has 0 saturated carbocycles. The Morgan fingerprint density at radius 3 is 1.86 bits per heavy atom. The number of fused-ring (bicyclic) bond motifs is 7. The monoisotopic (exact) mass is 628 g/mol. The van der Waals surface area contributed by atoms with Crippen molar-refractivity contribution in [1.82, 2.24) is 4.98 Å². The van der Waals surface area contributed by atoms with Gasteiger partial charge in [-0.2, -0.15) is 0 Å². The molecule has 230 valence electrons. The van der Waals surface area contributed by atoms with E-state index < -0.39 is 0 Å². The van der Waals surface area contributed by atoms with Crippen molar-refractivity contribution in [2.24, 2.45) is 0 Å². The summed E-state index contributed by atoms with van der Waals surface area (Å²) in [5.74, 6) is 0.570. The Balaban J connectivity index is 1.22. The molecule has 10 aromatic rings. The Labute approximate surface area is 282 Å². The van der Waals surface area contributed by atoms with Crippen LogP contribution in [0.25, 0.3) is 77.2 Å². The molecule has 0 bridgehead atoms.